The van der Waals surface area contributed by atoms with E-state index in [4.69, 9.17) is 4.74 Å². The van der Waals surface area contributed by atoms with E-state index >= 15 is 0 Å². The number of nitrogens with zero attached hydrogens (tertiary/aromatic N) is 1. The Kier molecular flexibility index (Phi) is 7.50. The number of carbonyl (C=O) groups is 2. The Hall–Kier alpha value is -3.06. The average Bonchev–Trinajstić information content (AvgIpc) is 3.35. The fraction of sp³-hybridized carbons (Fsp3) is 0.462. The molecule has 2 fully saturated rings. The Bertz CT molecular complexity index is 995. The maximum Gasteiger partial charge on any atom is 0.323 e. The normalized spacial score (nSPS) is 18.1. The maximum absolute atomic E-state index is 13.2. The van der Waals surface area contributed by atoms with Gasteiger partial charge in [0.15, 0.2) is 0 Å². The molecular formula is C26H34N4O3. The SMILES string of the molecule is Cc1cccc(NC(=O)Nc2ccc(N3CCCCC3)c(C(=O)NCC3CCCO3)c2)c1C. The number of aryl methyl sites for hydroxylation is 1. The Morgan fingerprint density at radius 1 is 1.03 bits per heavy atom. The van der Waals surface area contributed by atoms with Crippen LogP contribution in [-0.4, -0.2) is 44.3 Å². The molecule has 0 radical (unpaired) electrons. The van der Waals surface area contributed by atoms with Crippen LogP contribution in [0.4, 0.5) is 21.9 Å². The second-order valence-electron chi connectivity index (χ2n) is 8.95. The van der Waals surface area contributed by atoms with Gasteiger partial charge in [0, 0.05) is 43.3 Å². The third-order valence-electron chi connectivity index (χ3n) is 6.56. The highest BCUT2D eigenvalue weighted by Gasteiger charge is 2.22. The van der Waals surface area contributed by atoms with Crippen molar-refractivity contribution in [1.29, 1.82) is 0 Å². The van der Waals surface area contributed by atoms with Gasteiger partial charge in [0.1, 0.15) is 0 Å². The number of carbonyl (C=O) groups excluding carboxylic acids is 2. The van der Waals surface area contributed by atoms with Gasteiger partial charge in [-0.1, -0.05) is 12.1 Å². The van der Waals surface area contributed by atoms with Crippen LogP contribution >= 0.6 is 0 Å². The predicted octanol–water partition coefficient (Wildman–Crippen LogP) is 4.85. The van der Waals surface area contributed by atoms with Crippen LogP contribution in [0.5, 0.6) is 0 Å². The van der Waals surface area contributed by atoms with E-state index in [0.717, 1.165) is 67.9 Å². The van der Waals surface area contributed by atoms with Gasteiger partial charge >= 0.3 is 6.03 Å². The van der Waals surface area contributed by atoms with Crippen LogP contribution in [0.2, 0.25) is 0 Å². The second-order valence-corrected chi connectivity index (χ2v) is 8.95. The Morgan fingerprint density at radius 3 is 2.61 bits per heavy atom. The van der Waals surface area contributed by atoms with Crippen LogP contribution in [0.25, 0.3) is 0 Å². The molecule has 4 rings (SSSR count). The predicted molar refractivity (Wildman–Crippen MR) is 132 cm³/mol. The van der Waals surface area contributed by atoms with Crippen LogP contribution in [-0.2, 0) is 4.74 Å². The lowest BCUT2D eigenvalue weighted by Gasteiger charge is -2.30. The lowest BCUT2D eigenvalue weighted by atomic mass is 10.1. The number of piperidine rings is 1. The quantitative estimate of drug-likeness (QED) is 0.588. The third kappa shape index (κ3) is 5.85. The van der Waals surface area contributed by atoms with Crippen molar-refractivity contribution in [3.63, 3.8) is 0 Å². The van der Waals surface area contributed by atoms with E-state index in [1.54, 1.807) is 6.07 Å². The molecule has 2 saturated heterocycles. The number of urea groups is 1. The van der Waals surface area contributed by atoms with Crippen molar-refractivity contribution in [2.75, 3.05) is 41.8 Å². The first-order valence-corrected chi connectivity index (χ1v) is 11.9. The summed E-state index contributed by atoms with van der Waals surface area (Å²) in [4.78, 5) is 28.1. The monoisotopic (exact) mass is 450 g/mol. The number of amides is 3. The highest BCUT2D eigenvalue weighted by atomic mass is 16.5. The minimum atomic E-state index is -0.333. The van der Waals surface area contributed by atoms with Crippen LogP contribution in [0.1, 0.15) is 53.6 Å². The van der Waals surface area contributed by atoms with Crippen molar-refractivity contribution in [2.24, 2.45) is 0 Å². The standard InChI is InChI=1S/C26H34N4O3/c1-18-8-6-10-23(19(18)2)29-26(32)28-20-11-12-24(30-13-4-3-5-14-30)22(16-20)25(31)27-17-21-9-7-15-33-21/h6,8,10-12,16,21H,3-5,7,9,13-15,17H2,1-2H3,(H,27,31)(H2,28,29,32). The number of benzene rings is 2. The molecule has 0 aliphatic carbocycles. The molecular weight excluding hydrogens is 416 g/mol. The lowest BCUT2D eigenvalue weighted by Crippen LogP contribution is -2.35. The van der Waals surface area contributed by atoms with Crippen molar-refractivity contribution < 1.29 is 14.3 Å². The highest BCUT2D eigenvalue weighted by Crippen LogP contribution is 2.28. The van der Waals surface area contributed by atoms with Crippen LogP contribution < -0.4 is 20.9 Å². The largest absolute Gasteiger partial charge is 0.376 e. The number of hydrogen-bond donors (Lipinski definition) is 3. The molecule has 2 aliphatic rings. The molecule has 1 atom stereocenters. The third-order valence-corrected chi connectivity index (χ3v) is 6.56. The Morgan fingerprint density at radius 2 is 1.85 bits per heavy atom. The van der Waals surface area contributed by atoms with Gasteiger partial charge in [-0.15, -0.1) is 0 Å². The van der Waals surface area contributed by atoms with Crippen molar-refractivity contribution >= 4 is 29.0 Å². The summed E-state index contributed by atoms with van der Waals surface area (Å²) in [6.45, 7) is 7.13. The molecule has 7 heteroatoms. The molecule has 2 heterocycles. The van der Waals surface area contributed by atoms with E-state index in [2.05, 4.69) is 20.9 Å². The molecule has 2 aromatic rings. The first-order chi connectivity index (χ1) is 16.0. The summed E-state index contributed by atoms with van der Waals surface area (Å²) >= 11 is 0. The smallest absolute Gasteiger partial charge is 0.323 e. The molecule has 3 N–H and O–H groups in total. The fourth-order valence-electron chi connectivity index (χ4n) is 4.48. The molecule has 2 aliphatic heterocycles. The van der Waals surface area contributed by atoms with Crippen LogP contribution in [0, 0.1) is 13.8 Å². The van der Waals surface area contributed by atoms with E-state index in [1.165, 1.54) is 6.42 Å². The molecule has 33 heavy (non-hydrogen) atoms. The van der Waals surface area contributed by atoms with Gasteiger partial charge < -0.3 is 25.6 Å². The lowest BCUT2D eigenvalue weighted by molar-refractivity contribution is 0.0858. The Balaban J connectivity index is 1.50. The van der Waals surface area contributed by atoms with E-state index in [9.17, 15) is 9.59 Å². The average molecular weight is 451 g/mol. The summed E-state index contributed by atoms with van der Waals surface area (Å²) in [6.07, 6.45) is 5.55. The first-order valence-electron chi connectivity index (χ1n) is 11.9. The zero-order valence-electron chi connectivity index (χ0n) is 19.6. The molecule has 3 amide bonds. The maximum atomic E-state index is 13.2. The van der Waals surface area contributed by atoms with Gasteiger partial charge in [-0.05, 0) is 81.3 Å². The van der Waals surface area contributed by atoms with E-state index in [0.29, 0.717) is 17.8 Å². The fourth-order valence-corrected chi connectivity index (χ4v) is 4.48. The summed E-state index contributed by atoms with van der Waals surface area (Å²) < 4.78 is 5.65. The zero-order chi connectivity index (χ0) is 23.2. The molecule has 0 spiro atoms. The van der Waals surface area contributed by atoms with Crippen molar-refractivity contribution in [2.45, 2.75) is 52.1 Å². The van der Waals surface area contributed by atoms with Crippen LogP contribution in [0.3, 0.4) is 0 Å². The topological polar surface area (TPSA) is 82.7 Å². The summed E-state index contributed by atoms with van der Waals surface area (Å²) in [7, 11) is 0. The molecule has 176 valence electrons. The van der Waals surface area contributed by atoms with Gasteiger partial charge in [-0.3, -0.25) is 4.79 Å². The number of ether oxygens (including phenoxy) is 1. The molecule has 0 saturated carbocycles. The van der Waals surface area contributed by atoms with E-state index in [1.807, 2.05) is 44.2 Å². The molecule has 0 bridgehead atoms. The summed E-state index contributed by atoms with van der Waals surface area (Å²) in [5, 5.41) is 8.83. The van der Waals surface area contributed by atoms with Gasteiger partial charge in [0.05, 0.1) is 11.7 Å². The number of anilines is 3. The van der Waals surface area contributed by atoms with E-state index < -0.39 is 0 Å². The first kappa shape index (κ1) is 23.1. The number of rotatable bonds is 6. The summed E-state index contributed by atoms with van der Waals surface area (Å²) in [6, 6.07) is 11.1. The van der Waals surface area contributed by atoms with Crippen molar-refractivity contribution in [1.82, 2.24) is 5.32 Å². The molecule has 2 aromatic carbocycles. The van der Waals surface area contributed by atoms with Gasteiger partial charge in [-0.25, -0.2) is 4.79 Å². The van der Waals surface area contributed by atoms with Crippen molar-refractivity contribution in [3.05, 3.63) is 53.1 Å². The van der Waals surface area contributed by atoms with Gasteiger partial charge in [0.25, 0.3) is 5.91 Å². The van der Waals surface area contributed by atoms with Crippen LogP contribution in [0.15, 0.2) is 36.4 Å². The zero-order valence-corrected chi connectivity index (χ0v) is 19.6. The minimum absolute atomic E-state index is 0.0806. The number of nitrogens with one attached hydrogen (secondary N) is 3. The second kappa shape index (κ2) is 10.7. The highest BCUT2D eigenvalue weighted by molar-refractivity contribution is 6.04. The Labute approximate surface area is 195 Å². The van der Waals surface area contributed by atoms with E-state index in [-0.39, 0.29) is 18.0 Å². The summed E-state index contributed by atoms with van der Waals surface area (Å²) in [5.41, 5.74) is 5.00. The summed E-state index contributed by atoms with van der Waals surface area (Å²) in [5.74, 6) is -0.135. The van der Waals surface area contributed by atoms with Gasteiger partial charge in [0.2, 0.25) is 0 Å². The minimum Gasteiger partial charge on any atom is -0.376 e. The van der Waals surface area contributed by atoms with Gasteiger partial charge in [-0.2, -0.15) is 0 Å². The van der Waals surface area contributed by atoms with Crippen molar-refractivity contribution in [3.8, 4) is 0 Å². The molecule has 0 aromatic heterocycles. The molecule has 1 unspecified atom stereocenters. The molecule has 7 nitrogen and oxygen atoms in total. The number of hydrogen-bond acceptors (Lipinski definition) is 4.